The maximum absolute atomic E-state index is 12.6. The number of nitrogens with zero attached hydrogens (tertiary/aromatic N) is 3. The highest BCUT2D eigenvalue weighted by atomic mass is 32.3. The molecule has 2 bridgehead atoms. The van der Waals surface area contributed by atoms with E-state index in [9.17, 15) is 21.6 Å². The van der Waals surface area contributed by atoms with Crippen LogP contribution in [0.3, 0.4) is 0 Å². The molecule has 3 N–H and O–H groups in total. The van der Waals surface area contributed by atoms with Crippen LogP contribution in [-0.2, 0) is 24.7 Å². The number of hydrogen-bond donors (Lipinski definition) is 3. The predicted octanol–water partition coefficient (Wildman–Crippen LogP) is -1.02. The van der Waals surface area contributed by atoms with Gasteiger partial charge < -0.3 is 9.80 Å². The number of rotatable bonds is 5. The van der Waals surface area contributed by atoms with Crippen LogP contribution in [0.15, 0.2) is 0 Å². The average molecular weight is 425 g/mol. The SMILES string of the molecule is CN1CCC(S(=O)(=O)NC(=N)C2CCC3CN2C(=O)N3OS(=O)(=O)O)CC1. The fourth-order valence-electron chi connectivity index (χ4n) is 3.73. The summed E-state index contributed by atoms with van der Waals surface area (Å²) in [5.41, 5.74) is 0. The Kier molecular flexibility index (Phi) is 5.37. The maximum Gasteiger partial charge on any atom is 0.418 e. The van der Waals surface area contributed by atoms with Crippen molar-refractivity contribution < 1.29 is 30.5 Å². The van der Waals surface area contributed by atoms with Crippen LogP contribution in [0.5, 0.6) is 0 Å². The van der Waals surface area contributed by atoms with Gasteiger partial charge in [-0.2, -0.15) is 13.5 Å². The lowest BCUT2D eigenvalue weighted by molar-refractivity contribution is -0.0316. The van der Waals surface area contributed by atoms with Gasteiger partial charge in [0.05, 0.1) is 17.3 Å². The lowest BCUT2D eigenvalue weighted by Crippen LogP contribution is -2.53. The summed E-state index contributed by atoms with van der Waals surface area (Å²) in [5, 5.41) is 8.13. The minimum atomic E-state index is -4.86. The molecule has 12 nitrogen and oxygen atoms in total. The van der Waals surface area contributed by atoms with E-state index in [1.807, 2.05) is 11.9 Å². The van der Waals surface area contributed by atoms with Gasteiger partial charge in [0.15, 0.2) is 0 Å². The smallest absolute Gasteiger partial charge is 0.310 e. The highest BCUT2D eigenvalue weighted by Crippen LogP contribution is 2.31. The Bertz CT molecular complexity index is 822. The van der Waals surface area contributed by atoms with Crippen molar-refractivity contribution in [2.24, 2.45) is 0 Å². The Morgan fingerprint density at radius 1 is 1.19 bits per heavy atom. The molecule has 0 aromatic carbocycles. The first-order valence-corrected chi connectivity index (χ1v) is 11.4. The second-order valence-corrected chi connectivity index (χ2v) is 10.0. The molecule has 0 saturated carbocycles. The number of fused-ring (bicyclic) bond motifs is 2. The van der Waals surface area contributed by atoms with Crippen molar-refractivity contribution in [2.45, 2.75) is 43.0 Å². The van der Waals surface area contributed by atoms with Crippen molar-refractivity contribution in [2.75, 3.05) is 26.7 Å². The van der Waals surface area contributed by atoms with Crippen molar-refractivity contribution in [3.05, 3.63) is 0 Å². The number of amides is 2. The number of sulfonamides is 1. The third-order valence-corrected chi connectivity index (χ3v) is 7.39. The van der Waals surface area contributed by atoms with E-state index < -0.39 is 43.8 Å². The summed E-state index contributed by atoms with van der Waals surface area (Å²) in [4.78, 5) is 15.6. The number of carbonyl (C=O) groups excluding carboxylic acids is 1. The monoisotopic (exact) mass is 425 g/mol. The molecular weight excluding hydrogens is 402 g/mol. The van der Waals surface area contributed by atoms with Gasteiger partial charge in [-0.1, -0.05) is 0 Å². The molecule has 0 radical (unpaired) electrons. The van der Waals surface area contributed by atoms with Gasteiger partial charge in [0.25, 0.3) is 0 Å². The molecule has 2 atom stereocenters. The molecule has 3 aliphatic heterocycles. The van der Waals surface area contributed by atoms with E-state index in [-0.39, 0.29) is 18.8 Å². The van der Waals surface area contributed by atoms with Gasteiger partial charge in [0, 0.05) is 6.54 Å². The first-order valence-electron chi connectivity index (χ1n) is 8.53. The molecule has 14 heteroatoms. The highest BCUT2D eigenvalue weighted by molar-refractivity contribution is 7.90. The molecule has 0 aliphatic carbocycles. The quantitative estimate of drug-likeness (QED) is 0.287. The molecule has 154 valence electrons. The largest absolute Gasteiger partial charge is 0.418 e. The van der Waals surface area contributed by atoms with E-state index in [0.717, 1.165) is 0 Å². The Morgan fingerprint density at radius 3 is 2.41 bits per heavy atom. The van der Waals surface area contributed by atoms with Crippen LogP contribution in [0.25, 0.3) is 0 Å². The van der Waals surface area contributed by atoms with E-state index in [1.165, 1.54) is 4.90 Å². The summed E-state index contributed by atoms with van der Waals surface area (Å²) < 4.78 is 62.4. The zero-order chi connectivity index (χ0) is 20.0. The first-order chi connectivity index (χ1) is 12.5. The second kappa shape index (κ2) is 7.16. The predicted molar refractivity (Wildman–Crippen MR) is 93.7 cm³/mol. The Balaban J connectivity index is 1.67. The molecule has 3 fully saturated rings. The number of amidine groups is 1. The summed E-state index contributed by atoms with van der Waals surface area (Å²) in [7, 11) is -6.70. The van der Waals surface area contributed by atoms with Crippen LogP contribution < -0.4 is 4.72 Å². The lowest BCUT2D eigenvalue weighted by Gasteiger charge is -2.33. The lowest BCUT2D eigenvalue weighted by atomic mass is 10.0. The van der Waals surface area contributed by atoms with E-state index in [4.69, 9.17) is 9.96 Å². The fraction of sp³-hybridized carbons (Fsp3) is 0.846. The van der Waals surface area contributed by atoms with E-state index in [1.54, 1.807) is 0 Å². The van der Waals surface area contributed by atoms with Crippen LogP contribution in [0, 0.1) is 5.41 Å². The normalized spacial score (nSPS) is 27.9. The zero-order valence-electron chi connectivity index (χ0n) is 14.7. The number of hydroxylamine groups is 2. The van der Waals surface area contributed by atoms with Crippen LogP contribution >= 0.6 is 0 Å². The van der Waals surface area contributed by atoms with E-state index in [2.05, 4.69) is 9.01 Å². The summed E-state index contributed by atoms with van der Waals surface area (Å²) in [6, 6.07) is -2.25. The molecule has 0 aromatic heterocycles. The highest BCUT2D eigenvalue weighted by Gasteiger charge is 2.49. The molecule has 2 amide bonds. The van der Waals surface area contributed by atoms with E-state index in [0.29, 0.717) is 37.4 Å². The standard InChI is InChI=1S/C13H23N5O7S2/c1-16-6-4-10(5-7-16)26(20,21)15-12(14)11-3-2-9-8-17(11)13(19)18(9)25-27(22,23)24/h9-11H,2-8H2,1H3,(H2,14,15)(H,22,23,24). The van der Waals surface area contributed by atoms with Gasteiger partial charge in [-0.25, -0.2) is 13.2 Å². The molecule has 0 spiro atoms. The molecule has 3 aliphatic rings. The fourth-order valence-corrected chi connectivity index (χ4v) is 5.56. The minimum absolute atomic E-state index is 0.0807. The molecule has 3 rings (SSSR count). The third kappa shape index (κ3) is 4.34. The van der Waals surface area contributed by atoms with Gasteiger partial charge in [0.1, 0.15) is 5.84 Å². The molecule has 2 unspecified atom stereocenters. The number of nitrogens with one attached hydrogen (secondary N) is 2. The number of urea groups is 1. The van der Waals surface area contributed by atoms with Crippen LogP contribution in [0.1, 0.15) is 25.7 Å². The van der Waals surface area contributed by atoms with Gasteiger partial charge in [-0.05, 0) is 45.8 Å². The zero-order valence-corrected chi connectivity index (χ0v) is 16.4. The molecule has 0 aromatic rings. The molecular formula is C13H23N5O7S2. The van der Waals surface area contributed by atoms with E-state index >= 15 is 0 Å². The number of carbonyl (C=O) groups is 1. The number of piperidine rings is 2. The van der Waals surface area contributed by atoms with Gasteiger partial charge >= 0.3 is 16.4 Å². The summed E-state index contributed by atoms with van der Waals surface area (Å²) in [6.07, 6.45) is 1.51. The number of hydrogen-bond acceptors (Lipinski definition) is 8. The summed E-state index contributed by atoms with van der Waals surface area (Å²) >= 11 is 0. The third-order valence-electron chi connectivity index (χ3n) is 5.19. The first kappa shape index (κ1) is 20.3. The van der Waals surface area contributed by atoms with Crippen molar-refractivity contribution in [1.82, 2.24) is 19.6 Å². The number of likely N-dealkylation sites (tertiary alicyclic amines) is 1. The van der Waals surface area contributed by atoms with Crippen LogP contribution in [0.4, 0.5) is 4.79 Å². The van der Waals surface area contributed by atoms with Gasteiger partial charge in [-0.15, -0.1) is 4.28 Å². The van der Waals surface area contributed by atoms with Crippen molar-refractivity contribution in [3.63, 3.8) is 0 Å². The topological polar surface area (TPSA) is 160 Å². The van der Waals surface area contributed by atoms with Crippen LogP contribution in [-0.4, -0.2) is 92.1 Å². The van der Waals surface area contributed by atoms with Crippen molar-refractivity contribution >= 4 is 32.3 Å². The molecule has 27 heavy (non-hydrogen) atoms. The Hall–Kier alpha value is -1.48. The summed E-state index contributed by atoms with van der Waals surface area (Å²) in [6.45, 7) is 1.38. The van der Waals surface area contributed by atoms with Gasteiger partial charge in [-0.3, -0.25) is 14.7 Å². The Morgan fingerprint density at radius 2 is 1.81 bits per heavy atom. The Labute approximate surface area is 157 Å². The maximum atomic E-state index is 12.6. The summed E-state index contributed by atoms with van der Waals surface area (Å²) in [5.74, 6) is -0.325. The van der Waals surface area contributed by atoms with Gasteiger partial charge in [0.2, 0.25) is 10.0 Å². The molecule has 3 saturated heterocycles. The molecule has 3 heterocycles. The van der Waals surface area contributed by atoms with Crippen molar-refractivity contribution in [3.8, 4) is 0 Å². The average Bonchev–Trinajstić information content (AvgIpc) is 2.78. The van der Waals surface area contributed by atoms with Crippen molar-refractivity contribution in [1.29, 1.82) is 5.41 Å². The second-order valence-electron chi connectivity index (χ2n) is 7.07. The van der Waals surface area contributed by atoms with Crippen LogP contribution in [0.2, 0.25) is 0 Å². The minimum Gasteiger partial charge on any atom is -0.310 e.